The SMILES string of the molecule is O=C(NCc1cccc(Cl)c1F)C1NCCS1. The molecule has 1 saturated heterocycles. The average Bonchev–Trinajstić information content (AvgIpc) is 2.84. The lowest BCUT2D eigenvalue weighted by molar-refractivity contribution is -0.121. The van der Waals surface area contributed by atoms with Crippen LogP contribution >= 0.6 is 23.4 Å². The Morgan fingerprint density at radius 2 is 2.47 bits per heavy atom. The van der Waals surface area contributed by atoms with Crippen LogP contribution in [0.2, 0.25) is 5.02 Å². The normalized spacial score (nSPS) is 19.3. The van der Waals surface area contributed by atoms with Crippen LogP contribution in [0.5, 0.6) is 0 Å². The summed E-state index contributed by atoms with van der Waals surface area (Å²) in [5.41, 5.74) is 0.397. The van der Waals surface area contributed by atoms with E-state index in [9.17, 15) is 9.18 Å². The smallest absolute Gasteiger partial charge is 0.247 e. The molecule has 0 spiro atoms. The third-order valence-electron chi connectivity index (χ3n) is 2.44. The average molecular weight is 275 g/mol. The summed E-state index contributed by atoms with van der Waals surface area (Å²) >= 11 is 7.20. The fourth-order valence-corrected chi connectivity index (χ4v) is 2.69. The van der Waals surface area contributed by atoms with Crippen molar-refractivity contribution in [1.29, 1.82) is 0 Å². The number of rotatable bonds is 3. The first-order chi connectivity index (χ1) is 8.18. The summed E-state index contributed by atoms with van der Waals surface area (Å²) in [7, 11) is 0. The van der Waals surface area contributed by atoms with Gasteiger partial charge in [0.15, 0.2) is 0 Å². The lowest BCUT2D eigenvalue weighted by Gasteiger charge is -2.11. The summed E-state index contributed by atoms with van der Waals surface area (Å²) < 4.78 is 13.5. The van der Waals surface area contributed by atoms with Crippen molar-refractivity contribution < 1.29 is 9.18 Å². The van der Waals surface area contributed by atoms with E-state index in [1.165, 1.54) is 6.07 Å². The van der Waals surface area contributed by atoms with Crippen molar-refractivity contribution >= 4 is 29.3 Å². The van der Waals surface area contributed by atoms with E-state index in [-0.39, 0.29) is 22.8 Å². The zero-order chi connectivity index (χ0) is 12.3. The molecule has 17 heavy (non-hydrogen) atoms. The van der Waals surface area contributed by atoms with Crippen molar-refractivity contribution in [3.05, 3.63) is 34.6 Å². The second-order valence-corrected chi connectivity index (χ2v) is 5.26. The summed E-state index contributed by atoms with van der Waals surface area (Å²) in [6, 6.07) is 4.75. The first kappa shape index (κ1) is 12.7. The summed E-state index contributed by atoms with van der Waals surface area (Å²) in [4.78, 5) is 11.7. The van der Waals surface area contributed by atoms with Gasteiger partial charge in [0.1, 0.15) is 11.2 Å². The molecular weight excluding hydrogens is 263 g/mol. The van der Waals surface area contributed by atoms with Crippen LogP contribution in [0, 0.1) is 5.82 Å². The largest absolute Gasteiger partial charge is 0.350 e. The number of nitrogens with one attached hydrogen (secondary N) is 2. The lowest BCUT2D eigenvalue weighted by Crippen LogP contribution is -2.38. The Hall–Kier alpha value is -0.780. The summed E-state index contributed by atoms with van der Waals surface area (Å²) in [6.45, 7) is 0.984. The monoisotopic (exact) mass is 274 g/mol. The van der Waals surface area contributed by atoms with Gasteiger partial charge in [-0.3, -0.25) is 10.1 Å². The highest BCUT2D eigenvalue weighted by Gasteiger charge is 2.22. The molecule has 3 nitrogen and oxygen atoms in total. The molecule has 0 aliphatic carbocycles. The van der Waals surface area contributed by atoms with Crippen molar-refractivity contribution in [3.63, 3.8) is 0 Å². The fourth-order valence-electron chi connectivity index (χ4n) is 1.55. The van der Waals surface area contributed by atoms with Gasteiger partial charge < -0.3 is 5.32 Å². The van der Waals surface area contributed by atoms with E-state index in [0.29, 0.717) is 5.56 Å². The maximum Gasteiger partial charge on any atom is 0.247 e. The Balaban J connectivity index is 1.93. The molecule has 1 aromatic rings. The Morgan fingerprint density at radius 1 is 1.65 bits per heavy atom. The van der Waals surface area contributed by atoms with Crippen LogP contribution in [0.4, 0.5) is 4.39 Å². The van der Waals surface area contributed by atoms with Crippen LogP contribution < -0.4 is 10.6 Å². The van der Waals surface area contributed by atoms with Gasteiger partial charge >= 0.3 is 0 Å². The van der Waals surface area contributed by atoms with Gasteiger partial charge in [-0.05, 0) is 6.07 Å². The Bertz CT molecular complexity index is 424. The van der Waals surface area contributed by atoms with Crippen LogP contribution in [0.15, 0.2) is 18.2 Å². The van der Waals surface area contributed by atoms with Gasteiger partial charge in [0, 0.05) is 24.4 Å². The molecular formula is C11H12ClFN2OS. The zero-order valence-corrected chi connectivity index (χ0v) is 10.6. The first-order valence-corrected chi connectivity index (χ1v) is 6.67. The summed E-state index contributed by atoms with van der Waals surface area (Å²) in [5.74, 6) is 0.331. The van der Waals surface area contributed by atoms with E-state index in [1.54, 1.807) is 23.9 Å². The molecule has 0 saturated carbocycles. The van der Waals surface area contributed by atoms with Gasteiger partial charge in [0.05, 0.1) is 5.02 Å². The highest BCUT2D eigenvalue weighted by atomic mass is 35.5. The molecule has 0 aromatic heterocycles. The topological polar surface area (TPSA) is 41.1 Å². The number of carbonyl (C=O) groups is 1. The highest BCUT2D eigenvalue weighted by Crippen LogP contribution is 2.18. The Kier molecular flexibility index (Phi) is 4.25. The fraction of sp³-hybridized carbons (Fsp3) is 0.364. The predicted octanol–water partition coefficient (Wildman–Crippen LogP) is 1.76. The van der Waals surface area contributed by atoms with E-state index in [1.807, 2.05) is 0 Å². The van der Waals surface area contributed by atoms with E-state index in [2.05, 4.69) is 10.6 Å². The predicted molar refractivity (Wildman–Crippen MR) is 67.5 cm³/mol. The number of benzene rings is 1. The summed E-state index contributed by atoms with van der Waals surface area (Å²) in [5, 5.41) is 5.59. The second-order valence-electron chi connectivity index (χ2n) is 3.64. The standard InChI is InChI=1S/C11H12ClFN2OS/c12-8-3-1-2-7(9(8)13)6-15-10(16)11-14-4-5-17-11/h1-3,11,14H,4-6H2,(H,15,16). The number of carbonyl (C=O) groups excluding carboxylic acids is 1. The van der Waals surface area contributed by atoms with Crippen molar-refractivity contribution in [3.8, 4) is 0 Å². The van der Waals surface area contributed by atoms with E-state index in [4.69, 9.17) is 11.6 Å². The van der Waals surface area contributed by atoms with Crippen LogP contribution in [-0.4, -0.2) is 23.6 Å². The van der Waals surface area contributed by atoms with Gasteiger partial charge in [-0.25, -0.2) is 4.39 Å². The number of hydrogen-bond acceptors (Lipinski definition) is 3. The molecule has 1 heterocycles. The molecule has 6 heteroatoms. The molecule has 1 aliphatic rings. The minimum Gasteiger partial charge on any atom is -0.350 e. The molecule has 1 unspecified atom stereocenters. The third kappa shape index (κ3) is 3.12. The van der Waals surface area contributed by atoms with Gasteiger partial charge in [0.2, 0.25) is 5.91 Å². The molecule has 1 aliphatic heterocycles. The number of hydrogen-bond donors (Lipinski definition) is 2. The molecule has 1 aromatic carbocycles. The molecule has 0 bridgehead atoms. The number of thioether (sulfide) groups is 1. The van der Waals surface area contributed by atoms with E-state index in [0.717, 1.165) is 12.3 Å². The van der Waals surface area contributed by atoms with Crippen LogP contribution in [0.1, 0.15) is 5.56 Å². The quantitative estimate of drug-likeness (QED) is 0.882. The summed E-state index contributed by atoms with van der Waals surface area (Å²) in [6.07, 6.45) is 0. The van der Waals surface area contributed by atoms with Gasteiger partial charge in [-0.1, -0.05) is 23.7 Å². The van der Waals surface area contributed by atoms with E-state index >= 15 is 0 Å². The second kappa shape index (κ2) is 5.71. The van der Waals surface area contributed by atoms with E-state index < -0.39 is 5.82 Å². The van der Waals surface area contributed by atoms with Crippen LogP contribution in [0.3, 0.4) is 0 Å². The van der Waals surface area contributed by atoms with Gasteiger partial charge in [-0.2, -0.15) is 0 Å². The zero-order valence-electron chi connectivity index (χ0n) is 9.00. The third-order valence-corrected chi connectivity index (χ3v) is 3.88. The minimum absolute atomic E-state index is 0.0742. The molecule has 1 atom stereocenters. The number of amides is 1. The van der Waals surface area contributed by atoms with Crippen molar-refractivity contribution in [2.75, 3.05) is 12.3 Å². The van der Waals surface area contributed by atoms with Gasteiger partial charge in [-0.15, -0.1) is 11.8 Å². The molecule has 1 amide bonds. The van der Waals surface area contributed by atoms with Crippen molar-refractivity contribution in [2.24, 2.45) is 0 Å². The molecule has 2 N–H and O–H groups in total. The van der Waals surface area contributed by atoms with Gasteiger partial charge in [0.25, 0.3) is 0 Å². The minimum atomic E-state index is -0.471. The Labute approximate surface area is 108 Å². The Morgan fingerprint density at radius 3 is 3.18 bits per heavy atom. The highest BCUT2D eigenvalue weighted by molar-refractivity contribution is 8.00. The molecule has 0 radical (unpaired) electrons. The maximum absolute atomic E-state index is 13.5. The molecule has 2 rings (SSSR count). The molecule has 92 valence electrons. The van der Waals surface area contributed by atoms with Crippen molar-refractivity contribution in [1.82, 2.24) is 10.6 Å². The van der Waals surface area contributed by atoms with Crippen LogP contribution in [0.25, 0.3) is 0 Å². The van der Waals surface area contributed by atoms with Crippen molar-refractivity contribution in [2.45, 2.75) is 11.9 Å². The number of halogens is 2. The lowest BCUT2D eigenvalue weighted by atomic mass is 10.2. The molecule has 1 fully saturated rings. The first-order valence-electron chi connectivity index (χ1n) is 5.24. The van der Waals surface area contributed by atoms with Crippen LogP contribution in [-0.2, 0) is 11.3 Å². The maximum atomic E-state index is 13.5.